The SMILES string of the molecule is C=C/C=C\C(=C(/C)CCC)C(NC)c1csc(-c2ncc(C)n2CC2CCSC2)n1. The molecule has 4 nitrogen and oxygen atoms in total. The predicted molar refractivity (Wildman–Crippen MR) is 132 cm³/mol. The van der Waals surface area contributed by atoms with Crippen molar-refractivity contribution in [2.24, 2.45) is 5.92 Å². The van der Waals surface area contributed by atoms with Crippen molar-refractivity contribution >= 4 is 23.1 Å². The number of allylic oxidation sites excluding steroid dienone is 3. The summed E-state index contributed by atoms with van der Waals surface area (Å²) in [6, 6.07) is 0.0634. The molecule has 0 radical (unpaired) electrons. The smallest absolute Gasteiger partial charge is 0.169 e. The summed E-state index contributed by atoms with van der Waals surface area (Å²) in [6.07, 6.45) is 11.5. The predicted octanol–water partition coefficient (Wildman–Crippen LogP) is 6.19. The van der Waals surface area contributed by atoms with E-state index in [1.54, 1.807) is 11.3 Å². The van der Waals surface area contributed by atoms with E-state index in [0.717, 1.165) is 41.8 Å². The van der Waals surface area contributed by atoms with Crippen LogP contribution in [0.5, 0.6) is 0 Å². The minimum absolute atomic E-state index is 0.0634. The van der Waals surface area contributed by atoms with Gasteiger partial charge in [-0.05, 0) is 56.7 Å². The summed E-state index contributed by atoms with van der Waals surface area (Å²) in [5, 5.41) is 6.66. The highest BCUT2D eigenvalue weighted by atomic mass is 32.2. The van der Waals surface area contributed by atoms with E-state index >= 15 is 0 Å². The van der Waals surface area contributed by atoms with Crippen LogP contribution in [0.3, 0.4) is 0 Å². The topological polar surface area (TPSA) is 42.7 Å². The average molecular weight is 443 g/mol. The number of nitrogens with zero attached hydrogens (tertiary/aromatic N) is 3. The molecule has 2 atom stereocenters. The normalized spacial score (nSPS) is 18.7. The Morgan fingerprint density at radius 3 is 2.97 bits per heavy atom. The molecule has 1 N–H and O–H groups in total. The summed E-state index contributed by atoms with van der Waals surface area (Å²) in [4.78, 5) is 9.78. The van der Waals surface area contributed by atoms with Gasteiger partial charge >= 0.3 is 0 Å². The van der Waals surface area contributed by atoms with Crippen LogP contribution in [0.4, 0.5) is 0 Å². The second-order valence-corrected chi connectivity index (χ2v) is 9.95. The maximum atomic E-state index is 5.05. The van der Waals surface area contributed by atoms with E-state index in [1.165, 1.54) is 34.8 Å². The van der Waals surface area contributed by atoms with E-state index < -0.39 is 0 Å². The second-order valence-electron chi connectivity index (χ2n) is 7.94. The first kappa shape index (κ1) is 23.0. The molecule has 1 aliphatic heterocycles. The summed E-state index contributed by atoms with van der Waals surface area (Å²) in [5.74, 6) is 4.28. The molecule has 0 aromatic carbocycles. The first-order chi connectivity index (χ1) is 14.6. The Morgan fingerprint density at radius 1 is 1.47 bits per heavy atom. The monoisotopic (exact) mass is 442 g/mol. The Hall–Kier alpha value is -1.63. The second kappa shape index (κ2) is 11.1. The minimum Gasteiger partial charge on any atom is -0.326 e. The van der Waals surface area contributed by atoms with Crippen molar-refractivity contribution < 1.29 is 0 Å². The fraction of sp³-hybridized carbons (Fsp3) is 0.500. The zero-order valence-corrected chi connectivity index (χ0v) is 20.3. The van der Waals surface area contributed by atoms with Gasteiger partial charge in [0, 0.05) is 23.8 Å². The molecule has 2 unspecified atom stereocenters. The molecule has 3 rings (SSSR count). The van der Waals surface area contributed by atoms with Crippen LogP contribution < -0.4 is 5.32 Å². The van der Waals surface area contributed by atoms with Gasteiger partial charge in [0.25, 0.3) is 0 Å². The van der Waals surface area contributed by atoms with Crippen LogP contribution in [0.2, 0.25) is 0 Å². The average Bonchev–Trinajstić information content (AvgIpc) is 3.48. The van der Waals surface area contributed by atoms with Crippen molar-refractivity contribution in [1.82, 2.24) is 19.9 Å². The van der Waals surface area contributed by atoms with Crippen LogP contribution in [0.1, 0.15) is 50.5 Å². The quantitative estimate of drug-likeness (QED) is 0.446. The Bertz CT molecular complexity index is 900. The lowest BCUT2D eigenvalue weighted by molar-refractivity contribution is 0.489. The number of hydrogen-bond acceptors (Lipinski definition) is 5. The molecule has 2 aromatic rings. The van der Waals surface area contributed by atoms with Crippen molar-refractivity contribution in [2.45, 2.75) is 52.6 Å². The lowest BCUT2D eigenvalue weighted by atomic mass is 9.96. The van der Waals surface area contributed by atoms with Crippen LogP contribution >= 0.6 is 23.1 Å². The summed E-state index contributed by atoms with van der Waals surface area (Å²) in [6.45, 7) is 11.5. The number of aromatic nitrogens is 3. The van der Waals surface area contributed by atoms with E-state index in [9.17, 15) is 0 Å². The molecule has 2 aromatic heterocycles. The van der Waals surface area contributed by atoms with Crippen LogP contribution in [0.15, 0.2) is 47.5 Å². The van der Waals surface area contributed by atoms with Gasteiger partial charge in [-0.1, -0.05) is 43.7 Å². The van der Waals surface area contributed by atoms with Gasteiger partial charge in [0.2, 0.25) is 0 Å². The third-order valence-corrected chi connectivity index (χ3v) is 7.75. The number of imidazole rings is 1. The summed E-state index contributed by atoms with van der Waals surface area (Å²) in [5.41, 5.74) is 4.94. The van der Waals surface area contributed by atoms with E-state index in [0.29, 0.717) is 0 Å². The highest BCUT2D eigenvalue weighted by Crippen LogP contribution is 2.33. The molecule has 1 saturated heterocycles. The van der Waals surface area contributed by atoms with Gasteiger partial charge in [0.05, 0.1) is 11.7 Å². The van der Waals surface area contributed by atoms with E-state index in [4.69, 9.17) is 9.97 Å². The number of likely N-dealkylation sites (N-methyl/N-ethyl adjacent to an activating group) is 1. The van der Waals surface area contributed by atoms with Gasteiger partial charge < -0.3 is 9.88 Å². The van der Waals surface area contributed by atoms with Crippen LogP contribution in [-0.4, -0.2) is 33.1 Å². The van der Waals surface area contributed by atoms with Crippen molar-refractivity contribution in [2.75, 3.05) is 18.6 Å². The standard InChI is InChI=1S/C24H34N4S2/c1-6-8-10-20(17(3)9-7-2)22(25-5)21-16-30-24(27-21)23-26-13-18(4)28(23)14-19-11-12-29-15-19/h6,8,10,13,16,19,22,25H,1,7,9,11-12,14-15H2,2-5H3/b10-8-,20-17-. The van der Waals surface area contributed by atoms with E-state index in [2.05, 4.69) is 60.5 Å². The fourth-order valence-electron chi connectivity index (χ4n) is 4.01. The maximum absolute atomic E-state index is 5.05. The molecule has 0 saturated carbocycles. The number of rotatable bonds is 10. The summed E-state index contributed by atoms with van der Waals surface area (Å²) >= 11 is 3.76. The molecule has 1 fully saturated rings. The molecule has 0 amide bonds. The summed E-state index contributed by atoms with van der Waals surface area (Å²) in [7, 11) is 2.01. The minimum atomic E-state index is 0.0634. The first-order valence-corrected chi connectivity index (χ1v) is 12.8. The molecular weight excluding hydrogens is 408 g/mol. The number of thioether (sulfide) groups is 1. The lowest BCUT2D eigenvalue weighted by Crippen LogP contribution is -2.19. The molecular formula is C24H34N4S2. The van der Waals surface area contributed by atoms with Gasteiger partial charge in [-0.2, -0.15) is 11.8 Å². The van der Waals surface area contributed by atoms with Crippen molar-refractivity contribution in [1.29, 1.82) is 0 Å². The van der Waals surface area contributed by atoms with Crippen LogP contribution in [0.25, 0.3) is 10.8 Å². The number of nitrogens with one attached hydrogen (secondary N) is 1. The highest BCUT2D eigenvalue weighted by Gasteiger charge is 2.23. The third-order valence-electron chi connectivity index (χ3n) is 5.66. The number of thiazole rings is 1. The Labute approximate surface area is 189 Å². The Balaban J connectivity index is 1.91. The Kier molecular flexibility index (Phi) is 8.54. The highest BCUT2D eigenvalue weighted by molar-refractivity contribution is 7.99. The van der Waals surface area contributed by atoms with E-state index in [-0.39, 0.29) is 6.04 Å². The van der Waals surface area contributed by atoms with Gasteiger partial charge in [-0.3, -0.25) is 0 Å². The van der Waals surface area contributed by atoms with Crippen molar-refractivity contribution in [3.8, 4) is 10.8 Å². The summed E-state index contributed by atoms with van der Waals surface area (Å²) < 4.78 is 2.37. The molecule has 3 heterocycles. The molecule has 0 bridgehead atoms. The van der Waals surface area contributed by atoms with Crippen molar-refractivity contribution in [3.05, 3.63) is 58.9 Å². The molecule has 6 heteroatoms. The van der Waals surface area contributed by atoms with Crippen molar-refractivity contribution in [3.63, 3.8) is 0 Å². The molecule has 30 heavy (non-hydrogen) atoms. The Morgan fingerprint density at radius 2 is 2.30 bits per heavy atom. The van der Waals surface area contributed by atoms with Gasteiger partial charge in [0.1, 0.15) is 0 Å². The molecule has 1 aliphatic rings. The van der Waals surface area contributed by atoms with Crippen LogP contribution in [0, 0.1) is 12.8 Å². The molecule has 162 valence electrons. The van der Waals surface area contributed by atoms with E-state index in [1.807, 2.05) is 25.4 Å². The first-order valence-electron chi connectivity index (χ1n) is 10.8. The largest absolute Gasteiger partial charge is 0.326 e. The fourth-order valence-corrected chi connectivity index (χ4v) is 6.13. The van der Waals surface area contributed by atoms with Crippen LogP contribution in [-0.2, 0) is 6.54 Å². The van der Waals surface area contributed by atoms with Gasteiger partial charge in [0.15, 0.2) is 10.8 Å². The number of aryl methyl sites for hydroxylation is 1. The maximum Gasteiger partial charge on any atom is 0.169 e. The lowest BCUT2D eigenvalue weighted by Gasteiger charge is -2.19. The van der Waals surface area contributed by atoms with Gasteiger partial charge in [-0.25, -0.2) is 9.97 Å². The molecule has 0 spiro atoms. The zero-order chi connectivity index (χ0) is 21.5. The van der Waals surface area contributed by atoms with Gasteiger partial charge in [-0.15, -0.1) is 11.3 Å². The zero-order valence-electron chi connectivity index (χ0n) is 18.6. The molecule has 0 aliphatic carbocycles. The third kappa shape index (κ3) is 5.34. The number of hydrogen-bond donors (Lipinski definition) is 1.